The summed E-state index contributed by atoms with van der Waals surface area (Å²) in [5, 5.41) is 7.71. The van der Waals surface area contributed by atoms with Gasteiger partial charge in [-0.2, -0.15) is 0 Å². The highest BCUT2D eigenvalue weighted by molar-refractivity contribution is 7.80. The van der Waals surface area contributed by atoms with Crippen molar-refractivity contribution in [2.45, 2.75) is 39.7 Å². The Morgan fingerprint density at radius 2 is 1.96 bits per heavy atom. The number of carbonyl (C=O) groups excluding carboxylic acids is 1. The lowest BCUT2D eigenvalue weighted by molar-refractivity contribution is -0.123. The molecule has 1 aromatic rings. The van der Waals surface area contributed by atoms with E-state index < -0.39 is 0 Å². The number of rotatable bonds is 3. The molecule has 1 fully saturated rings. The van der Waals surface area contributed by atoms with E-state index in [-0.39, 0.29) is 11.4 Å². The molecule has 26 heavy (non-hydrogen) atoms. The average molecular weight is 397 g/mol. The number of nitrogens with one attached hydrogen (secondary N) is 2. The number of nitrogens with zero attached hydrogens (tertiary/aromatic N) is 2. The summed E-state index contributed by atoms with van der Waals surface area (Å²) < 4.78 is 0. The Bertz CT molecular complexity index is 659. The lowest BCUT2D eigenvalue weighted by Gasteiger charge is -2.26. The van der Waals surface area contributed by atoms with E-state index in [0.29, 0.717) is 11.7 Å². The number of anilines is 1. The molecule has 1 amide bonds. The fraction of sp³-hybridized carbons (Fsp3) is 0.579. The molecule has 1 saturated heterocycles. The number of aryl methyl sites for hydroxylation is 1. The van der Waals surface area contributed by atoms with Crippen LogP contribution in [0.2, 0.25) is 5.02 Å². The van der Waals surface area contributed by atoms with Gasteiger partial charge in [-0.15, -0.1) is 0 Å². The zero-order valence-corrected chi connectivity index (χ0v) is 17.6. The number of benzene rings is 1. The number of halogens is 1. The zero-order chi connectivity index (χ0) is 19.3. The van der Waals surface area contributed by atoms with Crippen molar-refractivity contribution in [2.24, 2.45) is 0 Å². The molecular weight excluding hydrogens is 368 g/mol. The fourth-order valence-corrected chi connectivity index (χ4v) is 3.35. The largest absolute Gasteiger partial charge is 0.350 e. The summed E-state index contributed by atoms with van der Waals surface area (Å²) in [5.74, 6) is 0.0703. The number of carbonyl (C=O) groups is 1. The van der Waals surface area contributed by atoms with Crippen LogP contribution in [0.4, 0.5) is 5.69 Å². The van der Waals surface area contributed by atoms with Gasteiger partial charge in [-0.3, -0.25) is 9.69 Å². The minimum absolute atomic E-state index is 0.0703. The summed E-state index contributed by atoms with van der Waals surface area (Å²) in [6.45, 7) is 11.8. The van der Waals surface area contributed by atoms with Crippen LogP contribution in [0.3, 0.4) is 0 Å². The molecular formula is C19H29ClN4OS. The molecule has 2 N–H and O–H groups in total. The number of amides is 1. The molecule has 0 spiro atoms. The Balaban J connectivity index is 1.86. The van der Waals surface area contributed by atoms with Crippen molar-refractivity contribution in [1.29, 1.82) is 0 Å². The minimum Gasteiger partial charge on any atom is -0.350 e. The van der Waals surface area contributed by atoms with Crippen molar-refractivity contribution in [2.75, 3.05) is 38.0 Å². The van der Waals surface area contributed by atoms with Gasteiger partial charge in [0.25, 0.3) is 0 Å². The highest BCUT2D eigenvalue weighted by Gasteiger charge is 2.20. The average Bonchev–Trinajstić information content (AvgIpc) is 2.74. The highest BCUT2D eigenvalue weighted by Crippen LogP contribution is 2.20. The van der Waals surface area contributed by atoms with Crippen molar-refractivity contribution in [3.8, 4) is 0 Å². The Morgan fingerprint density at radius 1 is 1.23 bits per heavy atom. The molecule has 2 rings (SSSR count). The maximum atomic E-state index is 12.1. The van der Waals surface area contributed by atoms with E-state index in [1.807, 2.05) is 45.9 Å². The normalized spacial score (nSPS) is 16.1. The third-order valence-electron chi connectivity index (χ3n) is 4.18. The molecule has 1 aliphatic rings. The summed E-state index contributed by atoms with van der Waals surface area (Å²) in [7, 11) is 0. The molecule has 0 atom stereocenters. The molecule has 144 valence electrons. The van der Waals surface area contributed by atoms with Crippen LogP contribution in [0.25, 0.3) is 0 Å². The first-order valence-corrected chi connectivity index (χ1v) is 9.78. The van der Waals surface area contributed by atoms with Gasteiger partial charge in [-0.1, -0.05) is 17.7 Å². The molecule has 5 nitrogen and oxygen atoms in total. The van der Waals surface area contributed by atoms with Crippen LogP contribution in [0.1, 0.15) is 32.8 Å². The maximum Gasteiger partial charge on any atom is 0.234 e. The van der Waals surface area contributed by atoms with Crippen molar-refractivity contribution in [3.63, 3.8) is 0 Å². The van der Waals surface area contributed by atoms with E-state index in [0.717, 1.165) is 48.9 Å². The van der Waals surface area contributed by atoms with E-state index in [1.165, 1.54) is 0 Å². The smallest absolute Gasteiger partial charge is 0.234 e. The predicted molar refractivity (Wildman–Crippen MR) is 113 cm³/mol. The quantitative estimate of drug-likeness (QED) is 0.768. The van der Waals surface area contributed by atoms with E-state index in [9.17, 15) is 4.79 Å². The summed E-state index contributed by atoms with van der Waals surface area (Å²) in [4.78, 5) is 16.5. The SMILES string of the molecule is Cc1ccc(NC(=S)N2CCCN(CC(=O)NC(C)(C)C)CC2)cc1Cl. The second-order valence-corrected chi connectivity index (χ2v) is 8.60. The van der Waals surface area contributed by atoms with Gasteiger partial charge in [0.15, 0.2) is 5.11 Å². The first-order chi connectivity index (χ1) is 12.1. The number of hydrogen-bond donors (Lipinski definition) is 2. The monoisotopic (exact) mass is 396 g/mol. The maximum absolute atomic E-state index is 12.1. The summed E-state index contributed by atoms with van der Waals surface area (Å²) >= 11 is 11.7. The van der Waals surface area contributed by atoms with Crippen LogP contribution in [0.5, 0.6) is 0 Å². The van der Waals surface area contributed by atoms with Gasteiger partial charge in [0.05, 0.1) is 6.54 Å². The van der Waals surface area contributed by atoms with E-state index in [1.54, 1.807) is 0 Å². The first kappa shape index (κ1) is 20.9. The molecule has 0 bridgehead atoms. The second-order valence-electron chi connectivity index (χ2n) is 7.81. The lowest BCUT2D eigenvalue weighted by Crippen LogP contribution is -2.46. The molecule has 0 radical (unpaired) electrons. The van der Waals surface area contributed by atoms with Gasteiger partial charge in [0, 0.05) is 42.4 Å². The van der Waals surface area contributed by atoms with Crippen molar-refractivity contribution < 1.29 is 4.79 Å². The molecule has 0 saturated carbocycles. The summed E-state index contributed by atoms with van der Waals surface area (Å²) in [5.41, 5.74) is 1.74. The van der Waals surface area contributed by atoms with Crippen LogP contribution in [0, 0.1) is 6.92 Å². The van der Waals surface area contributed by atoms with Crippen molar-refractivity contribution in [1.82, 2.24) is 15.1 Å². The zero-order valence-electron chi connectivity index (χ0n) is 16.1. The Morgan fingerprint density at radius 3 is 2.62 bits per heavy atom. The number of thiocarbonyl (C=S) groups is 1. The van der Waals surface area contributed by atoms with Gasteiger partial charge in [0.2, 0.25) is 5.91 Å². The lowest BCUT2D eigenvalue weighted by atomic mass is 10.1. The van der Waals surface area contributed by atoms with Crippen LogP contribution in [0.15, 0.2) is 18.2 Å². The third-order valence-corrected chi connectivity index (χ3v) is 4.95. The predicted octanol–water partition coefficient (Wildman–Crippen LogP) is 3.27. The minimum atomic E-state index is -0.199. The summed E-state index contributed by atoms with van der Waals surface area (Å²) in [6, 6.07) is 5.85. The van der Waals surface area contributed by atoms with E-state index in [4.69, 9.17) is 23.8 Å². The molecule has 0 unspecified atom stereocenters. The van der Waals surface area contributed by atoms with Gasteiger partial charge >= 0.3 is 0 Å². The Kier molecular flexibility index (Phi) is 7.26. The highest BCUT2D eigenvalue weighted by atomic mass is 35.5. The molecule has 7 heteroatoms. The molecule has 1 aliphatic heterocycles. The van der Waals surface area contributed by atoms with E-state index in [2.05, 4.69) is 20.4 Å². The molecule has 1 aromatic carbocycles. The van der Waals surface area contributed by atoms with E-state index >= 15 is 0 Å². The molecule has 1 heterocycles. The van der Waals surface area contributed by atoms with Gasteiger partial charge in [0.1, 0.15) is 0 Å². The second kappa shape index (κ2) is 9.02. The Hall–Kier alpha value is -1.37. The van der Waals surface area contributed by atoms with Crippen molar-refractivity contribution >= 4 is 40.5 Å². The van der Waals surface area contributed by atoms with Crippen LogP contribution >= 0.6 is 23.8 Å². The summed E-state index contributed by atoms with van der Waals surface area (Å²) in [6.07, 6.45) is 0.971. The van der Waals surface area contributed by atoms with Crippen LogP contribution < -0.4 is 10.6 Å². The first-order valence-electron chi connectivity index (χ1n) is 8.99. The molecule has 0 aromatic heterocycles. The van der Waals surface area contributed by atoms with Gasteiger partial charge in [-0.25, -0.2) is 0 Å². The van der Waals surface area contributed by atoms with Crippen LogP contribution in [-0.4, -0.2) is 59.1 Å². The Labute approximate surface area is 167 Å². The van der Waals surface area contributed by atoms with Crippen LogP contribution in [-0.2, 0) is 4.79 Å². The fourth-order valence-electron chi connectivity index (χ4n) is 2.87. The topological polar surface area (TPSA) is 47.6 Å². The number of hydrogen-bond acceptors (Lipinski definition) is 3. The van der Waals surface area contributed by atoms with Gasteiger partial charge < -0.3 is 15.5 Å². The third kappa shape index (κ3) is 6.74. The van der Waals surface area contributed by atoms with Gasteiger partial charge in [-0.05, 0) is 64.0 Å². The van der Waals surface area contributed by atoms with Crippen molar-refractivity contribution in [3.05, 3.63) is 28.8 Å². The molecule has 0 aliphatic carbocycles. The standard InChI is InChI=1S/C19H29ClN4OS/c1-14-6-7-15(12-16(14)20)21-18(26)24-9-5-8-23(10-11-24)13-17(25)22-19(2,3)4/h6-7,12H,5,8-11,13H2,1-4H3,(H,21,26)(H,22,25).